The SMILES string of the molecule is CC(C)Oc1ccc(C(=O)Nc2ncccc2OCC2CCCCC2)cn1. The number of hydrogen-bond donors (Lipinski definition) is 1. The number of hydrogen-bond acceptors (Lipinski definition) is 5. The molecule has 1 N–H and O–H groups in total. The summed E-state index contributed by atoms with van der Waals surface area (Å²) in [6.07, 6.45) is 9.45. The van der Waals surface area contributed by atoms with Crippen molar-refractivity contribution in [3.63, 3.8) is 0 Å². The molecular weight excluding hydrogens is 342 g/mol. The molecule has 0 bridgehead atoms. The second-order valence-electron chi connectivity index (χ2n) is 7.17. The third kappa shape index (κ3) is 5.67. The molecule has 0 unspecified atom stereocenters. The normalized spacial score (nSPS) is 14.8. The highest BCUT2D eigenvalue weighted by atomic mass is 16.5. The van der Waals surface area contributed by atoms with E-state index in [9.17, 15) is 4.79 Å². The van der Waals surface area contributed by atoms with Crippen LogP contribution in [0.4, 0.5) is 5.82 Å². The van der Waals surface area contributed by atoms with Gasteiger partial charge in [-0.3, -0.25) is 4.79 Å². The van der Waals surface area contributed by atoms with Gasteiger partial charge in [-0.05, 0) is 50.8 Å². The maximum atomic E-state index is 12.5. The molecule has 2 aromatic heterocycles. The number of anilines is 1. The van der Waals surface area contributed by atoms with E-state index in [1.54, 1.807) is 18.3 Å². The minimum Gasteiger partial charge on any atom is -0.489 e. The van der Waals surface area contributed by atoms with Gasteiger partial charge in [0.05, 0.1) is 18.3 Å². The van der Waals surface area contributed by atoms with Gasteiger partial charge >= 0.3 is 0 Å². The summed E-state index contributed by atoms with van der Waals surface area (Å²) in [7, 11) is 0. The number of nitrogens with one attached hydrogen (secondary N) is 1. The van der Waals surface area contributed by atoms with E-state index in [1.807, 2.05) is 26.0 Å². The highest BCUT2D eigenvalue weighted by Crippen LogP contribution is 2.27. The molecule has 1 amide bonds. The minimum absolute atomic E-state index is 0.0366. The molecule has 0 atom stereocenters. The molecule has 144 valence electrons. The maximum Gasteiger partial charge on any atom is 0.258 e. The van der Waals surface area contributed by atoms with Gasteiger partial charge in [-0.25, -0.2) is 9.97 Å². The number of aromatic nitrogens is 2. The van der Waals surface area contributed by atoms with E-state index in [0.717, 1.165) is 0 Å². The largest absolute Gasteiger partial charge is 0.489 e. The Kier molecular flexibility index (Phi) is 6.63. The van der Waals surface area contributed by atoms with Gasteiger partial charge in [0.25, 0.3) is 5.91 Å². The molecule has 6 nitrogen and oxygen atoms in total. The van der Waals surface area contributed by atoms with Gasteiger partial charge in [0, 0.05) is 18.5 Å². The lowest BCUT2D eigenvalue weighted by Crippen LogP contribution is -2.18. The summed E-state index contributed by atoms with van der Waals surface area (Å²) in [4.78, 5) is 20.9. The first kappa shape index (κ1) is 19.1. The van der Waals surface area contributed by atoms with Crippen LogP contribution in [0.3, 0.4) is 0 Å². The van der Waals surface area contributed by atoms with Gasteiger partial charge in [-0.15, -0.1) is 0 Å². The quantitative estimate of drug-likeness (QED) is 0.779. The fourth-order valence-corrected chi connectivity index (χ4v) is 3.17. The third-order valence-electron chi connectivity index (χ3n) is 4.56. The second kappa shape index (κ2) is 9.35. The predicted octanol–water partition coefficient (Wildman–Crippen LogP) is 4.48. The molecule has 0 spiro atoms. The zero-order valence-corrected chi connectivity index (χ0v) is 16.0. The Bertz CT molecular complexity index is 741. The average Bonchev–Trinajstić information content (AvgIpc) is 2.68. The Balaban J connectivity index is 1.61. The highest BCUT2D eigenvalue weighted by Gasteiger charge is 2.16. The van der Waals surface area contributed by atoms with E-state index >= 15 is 0 Å². The summed E-state index contributed by atoms with van der Waals surface area (Å²) < 4.78 is 11.5. The van der Waals surface area contributed by atoms with Crippen LogP contribution >= 0.6 is 0 Å². The zero-order chi connectivity index (χ0) is 19.1. The molecule has 0 radical (unpaired) electrons. The van der Waals surface area contributed by atoms with Gasteiger partial charge in [-0.2, -0.15) is 0 Å². The highest BCUT2D eigenvalue weighted by molar-refractivity contribution is 6.04. The number of nitrogens with zero attached hydrogens (tertiary/aromatic N) is 2. The van der Waals surface area contributed by atoms with E-state index in [-0.39, 0.29) is 12.0 Å². The Labute approximate surface area is 160 Å². The van der Waals surface area contributed by atoms with Crippen molar-refractivity contribution in [1.29, 1.82) is 0 Å². The van der Waals surface area contributed by atoms with E-state index in [0.29, 0.717) is 35.5 Å². The topological polar surface area (TPSA) is 73.3 Å². The number of rotatable bonds is 7. The molecule has 2 heterocycles. The molecule has 2 aromatic rings. The van der Waals surface area contributed by atoms with Gasteiger partial charge in [0.15, 0.2) is 11.6 Å². The summed E-state index contributed by atoms with van der Waals surface area (Å²) in [5.41, 5.74) is 0.440. The lowest BCUT2D eigenvalue weighted by atomic mass is 9.90. The summed E-state index contributed by atoms with van der Waals surface area (Å²) in [6, 6.07) is 7.02. The van der Waals surface area contributed by atoms with E-state index in [1.165, 1.54) is 38.3 Å². The van der Waals surface area contributed by atoms with Gasteiger partial charge < -0.3 is 14.8 Å². The van der Waals surface area contributed by atoms with Crippen molar-refractivity contribution in [2.24, 2.45) is 5.92 Å². The van der Waals surface area contributed by atoms with Crippen LogP contribution in [-0.4, -0.2) is 28.6 Å². The van der Waals surface area contributed by atoms with Crippen molar-refractivity contribution < 1.29 is 14.3 Å². The van der Waals surface area contributed by atoms with Crippen LogP contribution in [0.5, 0.6) is 11.6 Å². The first-order valence-electron chi connectivity index (χ1n) is 9.63. The lowest BCUT2D eigenvalue weighted by Gasteiger charge is -2.22. The molecule has 1 fully saturated rings. The van der Waals surface area contributed by atoms with E-state index in [2.05, 4.69) is 15.3 Å². The van der Waals surface area contributed by atoms with Crippen LogP contribution in [-0.2, 0) is 0 Å². The summed E-state index contributed by atoms with van der Waals surface area (Å²) in [6.45, 7) is 4.52. The van der Waals surface area contributed by atoms with Crippen LogP contribution in [0.15, 0.2) is 36.7 Å². The number of ether oxygens (including phenoxy) is 2. The van der Waals surface area contributed by atoms with Crippen LogP contribution in [0, 0.1) is 5.92 Å². The number of carbonyl (C=O) groups excluding carboxylic acids is 1. The van der Waals surface area contributed by atoms with E-state index in [4.69, 9.17) is 9.47 Å². The first-order chi connectivity index (χ1) is 13.1. The van der Waals surface area contributed by atoms with Gasteiger partial charge in [0.1, 0.15) is 0 Å². The summed E-state index contributed by atoms with van der Waals surface area (Å²) in [5, 5.41) is 2.82. The summed E-state index contributed by atoms with van der Waals surface area (Å²) >= 11 is 0. The lowest BCUT2D eigenvalue weighted by molar-refractivity contribution is 0.102. The van der Waals surface area contributed by atoms with E-state index < -0.39 is 0 Å². The number of carbonyl (C=O) groups is 1. The van der Waals surface area contributed by atoms with Crippen molar-refractivity contribution in [2.75, 3.05) is 11.9 Å². The molecule has 1 aliphatic carbocycles. The van der Waals surface area contributed by atoms with Crippen molar-refractivity contribution in [2.45, 2.75) is 52.1 Å². The molecule has 3 rings (SSSR count). The standard InChI is InChI=1S/C21H27N3O3/c1-15(2)27-19-11-10-17(13-23-19)21(25)24-20-18(9-6-12-22-20)26-14-16-7-4-3-5-8-16/h6,9-13,15-16H,3-5,7-8,14H2,1-2H3,(H,22,24,25). The van der Waals surface area contributed by atoms with Crippen LogP contribution in [0.25, 0.3) is 0 Å². The third-order valence-corrected chi connectivity index (χ3v) is 4.56. The molecular formula is C21H27N3O3. The average molecular weight is 369 g/mol. The number of amides is 1. The Morgan fingerprint density at radius 3 is 2.70 bits per heavy atom. The van der Waals surface area contributed by atoms with Crippen molar-refractivity contribution in [1.82, 2.24) is 9.97 Å². The zero-order valence-electron chi connectivity index (χ0n) is 16.0. The molecule has 27 heavy (non-hydrogen) atoms. The Morgan fingerprint density at radius 2 is 2.00 bits per heavy atom. The fourth-order valence-electron chi connectivity index (χ4n) is 3.17. The molecule has 0 aromatic carbocycles. The molecule has 0 saturated heterocycles. The Morgan fingerprint density at radius 1 is 1.19 bits per heavy atom. The predicted molar refractivity (Wildman–Crippen MR) is 104 cm³/mol. The summed E-state index contributed by atoms with van der Waals surface area (Å²) in [5.74, 6) is 1.83. The van der Waals surface area contributed by atoms with Gasteiger partial charge in [-0.1, -0.05) is 19.3 Å². The van der Waals surface area contributed by atoms with Crippen LogP contribution in [0.1, 0.15) is 56.3 Å². The second-order valence-corrected chi connectivity index (χ2v) is 7.17. The minimum atomic E-state index is -0.278. The number of pyridine rings is 2. The van der Waals surface area contributed by atoms with Crippen LogP contribution in [0.2, 0.25) is 0 Å². The smallest absolute Gasteiger partial charge is 0.258 e. The molecule has 6 heteroatoms. The maximum absolute atomic E-state index is 12.5. The van der Waals surface area contributed by atoms with Crippen molar-refractivity contribution >= 4 is 11.7 Å². The van der Waals surface area contributed by atoms with Crippen molar-refractivity contribution in [3.05, 3.63) is 42.2 Å². The molecule has 1 aliphatic rings. The van der Waals surface area contributed by atoms with Crippen LogP contribution < -0.4 is 14.8 Å². The monoisotopic (exact) mass is 369 g/mol. The fraction of sp³-hybridized carbons (Fsp3) is 0.476. The Hall–Kier alpha value is -2.63. The van der Waals surface area contributed by atoms with Crippen molar-refractivity contribution in [3.8, 4) is 11.6 Å². The molecule has 1 saturated carbocycles. The molecule has 0 aliphatic heterocycles. The van der Waals surface area contributed by atoms with Gasteiger partial charge in [0.2, 0.25) is 5.88 Å². The first-order valence-corrected chi connectivity index (χ1v) is 9.63.